The largest absolute Gasteiger partial charge is 0.507 e. The van der Waals surface area contributed by atoms with Crippen molar-refractivity contribution in [3.8, 4) is 11.5 Å². The molecule has 0 aliphatic rings. The third-order valence-electron chi connectivity index (χ3n) is 1.52. The van der Waals surface area contributed by atoms with Gasteiger partial charge in [-0.3, -0.25) is 0 Å². The fourth-order valence-corrected chi connectivity index (χ4v) is 0.898. The summed E-state index contributed by atoms with van der Waals surface area (Å²) in [6, 6.07) is 3.87. The van der Waals surface area contributed by atoms with Crippen LogP contribution in [-0.2, 0) is 4.74 Å². The Labute approximate surface area is 79.5 Å². The van der Waals surface area contributed by atoms with Crippen molar-refractivity contribution in [2.45, 2.75) is 0 Å². The van der Waals surface area contributed by atoms with Gasteiger partial charge in [-0.2, -0.15) is 5.53 Å². The number of nitrogens with one attached hydrogen (secondary N) is 1. The second-order valence-corrected chi connectivity index (χ2v) is 2.35. The molecule has 1 rings (SSSR count). The monoisotopic (exact) mass is 196 g/mol. The minimum atomic E-state index is -0.682. The zero-order valence-corrected chi connectivity index (χ0v) is 7.35. The molecule has 0 unspecified atom stereocenters. The van der Waals surface area contributed by atoms with Crippen LogP contribution >= 0.6 is 0 Å². The lowest BCUT2D eigenvalue weighted by atomic mass is 10.2. The Morgan fingerprint density at radius 2 is 2.29 bits per heavy atom. The van der Waals surface area contributed by atoms with Crippen LogP contribution in [0.15, 0.2) is 23.5 Å². The lowest BCUT2D eigenvalue weighted by Gasteiger charge is -2.03. The van der Waals surface area contributed by atoms with Crippen molar-refractivity contribution in [3.63, 3.8) is 0 Å². The second kappa shape index (κ2) is 4.22. The quantitative estimate of drug-likeness (QED) is 0.435. The Hall–Kier alpha value is -2.11. The Morgan fingerprint density at radius 3 is 2.86 bits per heavy atom. The highest BCUT2D eigenvalue weighted by molar-refractivity contribution is 5.92. The molecular formula is C8H8N2O4. The number of nitrogens with zero attached hydrogens (tertiary/aromatic N) is 1. The molecule has 0 heterocycles. The van der Waals surface area contributed by atoms with Gasteiger partial charge in [-0.15, -0.1) is 0 Å². The maximum atomic E-state index is 11.1. The number of phenolic OH excluding ortho intramolecular Hbond substituents is 1. The first-order valence-corrected chi connectivity index (χ1v) is 3.64. The number of carbonyl (C=O) groups is 1. The molecule has 0 bridgehead atoms. The highest BCUT2D eigenvalue weighted by atomic mass is 16.6. The van der Waals surface area contributed by atoms with Crippen molar-refractivity contribution < 1.29 is 19.5 Å². The van der Waals surface area contributed by atoms with E-state index in [4.69, 9.17) is 5.53 Å². The van der Waals surface area contributed by atoms with E-state index in [1.807, 2.05) is 0 Å². The van der Waals surface area contributed by atoms with Crippen molar-refractivity contribution in [1.29, 1.82) is 5.53 Å². The molecule has 0 fully saturated rings. The summed E-state index contributed by atoms with van der Waals surface area (Å²) in [6.07, 6.45) is 0. The minimum Gasteiger partial charge on any atom is -0.507 e. The number of aromatic hydroxyl groups is 1. The Bertz CT molecular complexity index is 364. The Kier molecular flexibility index (Phi) is 3.01. The predicted molar refractivity (Wildman–Crippen MR) is 45.2 cm³/mol. The topological polar surface area (TPSA) is 92.0 Å². The lowest BCUT2D eigenvalue weighted by Crippen LogP contribution is -2.01. The van der Waals surface area contributed by atoms with E-state index in [2.05, 4.69) is 14.9 Å². The van der Waals surface area contributed by atoms with Gasteiger partial charge < -0.3 is 14.7 Å². The van der Waals surface area contributed by atoms with Crippen LogP contribution < -0.4 is 4.84 Å². The highest BCUT2D eigenvalue weighted by Gasteiger charge is 2.12. The maximum absolute atomic E-state index is 11.1. The lowest BCUT2D eigenvalue weighted by molar-refractivity contribution is 0.0597. The molecule has 0 aromatic heterocycles. The number of methoxy groups -OCH3 is 1. The SMILES string of the molecule is COC(=O)c1cc(ON=N)ccc1O. The van der Waals surface area contributed by atoms with E-state index in [1.54, 1.807) is 0 Å². The summed E-state index contributed by atoms with van der Waals surface area (Å²) in [7, 11) is 1.20. The van der Waals surface area contributed by atoms with E-state index in [1.165, 1.54) is 25.3 Å². The summed E-state index contributed by atoms with van der Waals surface area (Å²) in [5.74, 6) is -0.717. The van der Waals surface area contributed by atoms with Gasteiger partial charge in [-0.1, -0.05) is 0 Å². The van der Waals surface area contributed by atoms with Crippen molar-refractivity contribution in [1.82, 2.24) is 0 Å². The van der Waals surface area contributed by atoms with Gasteiger partial charge in [0, 0.05) is 11.3 Å². The first kappa shape index (κ1) is 9.97. The van der Waals surface area contributed by atoms with Crippen molar-refractivity contribution in [3.05, 3.63) is 23.8 Å². The minimum absolute atomic E-state index is 0.0337. The molecule has 0 saturated carbocycles. The predicted octanol–water partition coefficient (Wildman–Crippen LogP) is 1.50. The first-order chi connectivity index (χ1) is 6.69. The summed E-state index contributed by atoms with van der Waals surface area (Å²) in [5.41, 5.74) is 6.41. The number of benzene rings is 1. The van der Waals surface area contributed by atoms with Crippen LogP contribution in [0.4, 0.5) is 0 Å². The summed E-state index contributed by atoms with van der Waals surface area (Å²) in [5, 5.41) is 11.9. The van der Waals surface area contributed by atoms with Crippen LogP contribution in [0.1, 0.15) is 10.4 Å². The van der Waals surface area contributed by atoms with Gasteiger partial charge in [0.1, 0.15) is 11.3 Å². The molecule has 6 nitrogen and oxygen atoms in total. The molecular weight excluding hydrogens is 188 g/mol. The Balaban J connectivity index is 3.07. The molecule has 0 spiro atoms. The number of esters is 1. The van der Waals surface area contributed by atoms with Crippen molar-refractivity contribution >= 4 is 5.97 Å². The van der Waals surface area contributed by atoms with Crippen LogP contribution in [0.25, 0.3) is 0 Å². The van der Waals surface area contributed by atoms with Gasteiger partial charge in [0.2, 0.25) is 0 Å². The summed E-state index contributed by atoms with van der Waals surface area (Å²) in [6.45, 7) is 0. The fourth-order valence-electron chi connectivity index (χ4n) is 0.898. The molecule has 6 heteroatoms. The zero-order valence-electron chi connectivity index (χ0n) is 7.35. The third-order valence-corrected chi connectivity index (χ3v) is 1.52. The number of rotatable bonds is 3. The van der Waals surface area contributed by atoms with Crippen LogP contribution in [0, 0.1) is 5.53 Å². The standard InChI is InChI=1S/C8H8N2O4/c1-13-8(12)6-4-5(14-10-9)2-3-7(6)11/h2-4,9,11H,1H3. The first-order valence-electron chi connectivity index (χ1n) is 3.64. The van der Waals surface area contributed by atoms with Gasteiger partial charge in [-0.25, -0.2) is 4.79 Å². The van der Waals surface area contributed by atoms with Gasteiger partial charge in [0.25, 0.3) is 0 Å². The second-order valence-electron chi connectivity index (χ2n) is 2.35. The summed E-state index contributed by atoms with van der Waals surface area (Å²) < 4.78 is 4.42. The molecule has 14 heavy (non-hydrogen) atoms. The smallest absolute Gasteiger partial charge is 0.341 e. The molecule has 1 aromatic carbocycles. The molecule has 0 amide bonds. The average Bonchev–Trinajstić information content (AvgIpc) is 2.20. The number of hydrogen-bond donors (Lipinski definition) is 2. The molecule has 0 aliphatic carbocycles. The molecule has 0 radical (unpaired) electrons. The molecule has 0 aliphatic heterocycles. The summed E-state index contributed by atoms with van der Waals surface area (Å²) >= 11 is 0. The van der Waals surface area contributed by atoms with Crippen LogP contribution in [0.5, 0.6) is 11.5 Å². The number of phenols is 1. The van der Waals surface area contributed by atoms with E-state index in [0.717, 1.165) is 0 Å². The van der Waals surface area contributed by atoms with Crippen molar-refractivity contribution in [2.24, 2.45) is 5.28 Å². The molecule has 74 valence electrons. The number of carbonyl (C=O) groups excluding carboxylic acids is 1. The van der Waals surface area contributed by atoms with Crippen molar-refractivity contribution in [2.75, 3.05) is 7.11 Å². The number of hydrogen-bond acceptors (Lipinski definition) is 6. The molecule has 1 aromatic rings. The van der Waals surface area contributed by atoms with Gasteiger partial charge in [0.15, 0.2) is 5.75 Å². The Morgan fingerprint density at radius 1 is 1.57 bits per heavy atom. The van der Waals surface area contributed by atoms with E-state index < -0.39 is 5.97 Å². The third kappa shape index (κ3) is 1.98. The fraction of sp³-hybridized carbons (Fsp3) is 0.125. The maximum Gasteiger partial charge on any atom is 0.341 e. The van der Waals surface area contributed by atoms with Gasteiger partial charge in [0.05, 0.1) is 7.11 Å². The van der Waals surface area contributed by atoms with E-state index in [9.17, 15) is 9.90 Å². The summed E-state index contributed by atoms with van der Waals surface area (Å²) in [4.78, 5) is 15.5. The average molecular weight is 196 g/mol. The highest BCUT2D eigenvalue weighted by Crippen LogP contribution is 2.23. The van der Waals surface area contributed by atoms with Crippen LogP contribution in [-0.4, -0.2) is 18.2 Å². The van der Waals surface area contributed by atoms with E-state index in [-0.39, 0.29) is 17.1 Å². The van der Waals surface area contributed by atoms with E-state index >= 15 is 0 Å². The molecule has 0 atom stereocenters. The van der Waals surface area contributed by atoms with E-state index in [0.29, 0.717) is 0 Å². The number of ether oxygens (including phenoxy) is 1. The van der Waals surface area contributed by atoms with Gasteiger partial charge in [-0.05, 0) is 12.1 Å². The normalized spacial score (nSPS) is 9.21. The zero-order chi connectivity index (χ0) is 10.6. The van der Waals surface area contributed by atoms with Gasteiger partial charge >= 0.3 is 5.97 Å². The molecule has 2 N–H and O–H groups in total. The van der Waals surface area contributed by atoms with Crippen LogP contribution in [0.2, 0.25) is 0 Å². The molecule has 0 saturated heterocycles. The van der Waals surface area contributed by atoms with Crippen LogP contribution in [0.3, 0.4) is 0 Å².